The average Bonchev–Trinajstić information content (AvgIpc) is 2.73. The van der Waals surface area contributed by atoms with Crippen LogP contribution in [0.4, 0.5) is 0 Å². The maximum atomic E-state index is 9.57. The summed E-state index contributed by atoms with van der Waals surface area (Å²) >= 11 is 0. The number of pyridine rings is 1. The fourth-order valence-corrected chi connectivity index (χ4v) is 2.46. The number of amides is 1. The number of allylic oxidation sites excluding steroid dienone is 2. The van der Waals surface area contributed by atoms with Crippen molar-refractivity contribution in [2.45, 2.75) is 40.2 Å². The molecule has 0 aliphatic heterocycles. The van der Waals surface area contributed by atoms with Crippen molar-refractivity contribution in [1.29, 1.82) is 0 Å². The third-order valence-corrected chi connectivity index (χ3v) is 3.89. The summed E-state index contributed by atoms with van der Waals surface area (Å²) in [7, 11) is 1.79. The number of benzene rings is 1. The van der Waals surface area contributed by atoms with Gasteiger partial charge >= 0.3 is 0 Å². The molecule has 1 aromatic carbocycles. The Morgan fingerprint density at radius 3 is 2.64 bits per heavy atom. The van der Waals surface area contributed by atoms with Gasteiger partial charge in [-0.15, -0.1) is 0 Å². The Morgan fingerprint density at radius 2 is 2.04 bits per heavy atom. The number of unbranched alkanes of at least 4 members (excludes halogenated alkanes) is 1. The second-order valence-corrected chi connectivity index (χ2v) is 6.54. The first-order valence-corrected chi connectivity index (χ1v) is 9.51. The molecule has 0 spiro atoms. The molecule has 0 aliphatic rings. The van der Waals surface area contributed by atoms with Gasteiger partial charge in [-0.1, -0.05) is 37.1 Å². The number of aliphatic hydroxyl groups is 1. The first-order valence-electron chi connectivity index (χ1n) is 9.51. The number of aliphatic hydroxyl groups excluding tert-OH is 1. The molecule has 2 aromatic rings. The monoisotopic (exact) mass is 381 g/mol. The van der Waals surface area contributed by atoms with Gasteiger partial charge in [-0.3, -0.25) is 14.8 Å². The van der Waals surface area contributed by atoms with Gasteiger partial charge < -0.3 is 10.4 Å². The van der Waals surface area contributed by atoms with Gasteiger partial charge in [0.2, 0.25) is 6.41 Å². The predicted molar refractivity (Wildman–Crippen MR) is 116 cm³/mol. The van der Waals surface area contributed by atoms with E-state index in [0.717, 1.165) is 53.9 Å². The van der Waals surface area contributed by atoms with E-state index in [1.165, 1.54) is 5.57 Å². The Morgan fingerprint density at radius 1 is 1.25 bits per heavy atom. The van der Waals surface area contributed by atoms with Gasteiger partial charge in [0.05, 0.1) is 18.0 Å². The highest BCUT2D eigenvalue weighted by molar-refractivity contribution is 6.09. The summed E-state index contributed by atoms with van der Waals surface area (Å²) in [6, 6.07) is 11.8. The summed E-state index contributed by atoms with van der Waals surface area (Å²) in [5.74, 6) is 0. The summed E-state index contributed by atoms with van der Waals surface area (Å²) in [5.41, 5.74) is 5.95. The van der Waals surface area contributed by atoms with Gasteiger partial charge in [0.1, 0.15) is 0 Å². The van der Waals surface area contributed by atoms with Gasteiger partial charge in [-0.25, -0.2) is 0 Å². The number of carbonyl (C=O) groups is 1. The molecule has 0 saturated carbocycles. The Kier molecular flexibility index (Phi) is 11.1. The van der Waals surface area contributed by atoms with Crippen molar-refractivity contribution in [1.82, 2.24) is 10.3 Å². The number of aliphatic imine (C=N–C) groups is 1. The van der Waals surface area contributed by atoms with Crippen LogP contribution in [0.5, 0.6) is 0 Å². The fourth-order valence-electron chi connectivity index (χ4n) is 2.46. The van der Waals surface area contributed by atoms with Gasteiger partial charge in [0.15, 0.2) is 0 Å². The van der Waals surface area contributed by atoms with Crippen LogP contribution in [0, 0.1) is 0 Å². The zero-order valence-corrected chi connectivity index (χ0v) is 17.3. The number of rotatable bonds is 8. The lowest BCUT2D eigenvalue weighted by molar-refractivity contribution is -0.109. The van der Waals surface area contributed by atoms with Crippen molar-refractivity contribution in [2.24, 2.45) is 4.99 Å². The molecule has 150 valence electrons. The van der Waals surface area contributed by atoms with Crippen molar-refractivity contribution in [2.75, 3.05) is 13.6 Å². The molecule has 0 fully saturated rings. The highest BCUT2D eigenvalue weighted by Gasteiger charge is 2.05. The van der Waals surface area contributed by atoms with Crippen LogP contribution in [0.3, 0.4) is 0 Å². The smallest absolute Gasteiger partial charge is 0.207 e. The first kappa shape index (κ1) is 23.2. The SMILES string of the molecule is CCCCNC=O.CN=C(C=C(C)C)c1ccnc(-c2cccc(CO)c2)c1. The number of nitrogens with zero attached hydrogens (tertiary/aromatic N) is 2. The minimum Gasteiger partial charge on any atom is -0.392 e. The van der Waals surface area contributed by atoms with Crippen LogP contribution in [0.2, 0.25) is 0 Å². The van der Waals surface area contributed by atoms with E-state index in [1.54, 1.807) is 13.2 Å². The molecule has 2 rings (SSSR count). The minimum atomic E-state index is 0.0347. The number of hydrogen-bond acceptors (Lipinski definition) is 4. The Hall–Kier alpha value is -2.79. The number of aromatic nitrogens is 1. The molecule has 0 atom stereocenters. The fraction of sp³-hybridized carbons (Fsp3) is 0.348. The second kappa shape index (κ2) is 13.4. The van der Waals surface area contributed by atoms with Gasteiger partial charge in [-0.2, -0.15) is 0 Å². The van der Waals surface area contributed by atoms with E-state index >= 15 is 0 Å². The maximum Gasteiger partial charge on any atom is 0.207 e. The predicted octanol–water partition coefficient (Wildman–Crippen LogP) is 4.16. The molecule has 1 amide bonds. The molecule has 1 heterocycles. The third-order valence-electron chi connectivity index (χ3n) is 3.89. The van der Waals surface area contributed by atoms with Crippen molar-refractivity contribution in [3.05, 3.63) is 65.4 Å². The molecule has 0 aliphatic carbocycles. The van der Waals surface area contributed by atoms with Gasteiger partial charge in [-0.05, 0) is 50.1 Å². The highest BCUT2D eigenvalue weighted by Crippen LogP contribution is 2.20. The quantitative estimate of drug-likeness (QED) is 0.410. The van der Waals surface area contributed by atoms with E-state index in [9.17, 15) is 9.90 Å². The minimum absolute atomic E-state index is 0.0347. The summed E-state index contributed by atoms with van der Waals surface area (Å²) in [6.45, 7) is 7.05. The number of hydrogen-bond donors (Lipinski definition) is 2. The normalized spacial score (nSPS) is 10.5. The number of nitrogens with one attached hydrogen (secondary N) is 1. The van der Waals surface area contributed by atoms with Crippen molar-refractivity contribution in [3.63, 3.8) is 0 Å². The van der Waals surface area contributed by atoms with Crippen molar-refractivity contribution >= 4 is 12.1 Å². The van der Waals surface area contributed by atoms with Gasteiger partial charge in [0.25, 0.3) is 0 Å². The van der Waals surface area contributed by atoms with E-state index in [0.29, 0.717) is 0 Å². The summed E-state index contributed by atoms with van der Waals surface area (Å²) in [6.07, 6.45) is 6.80. The molecule has 5 heteroatoms. The summed E-state index contributed by atoms with van der Waals surface area (Å²) < 4.78 is 0. The standard InChI is InChI=1S/C18H20N2O.C5H11NO/c1-13(2)9-17(19-3)16-7-8-20-18(11-16)15-6-4-5-14(10-15)12-21;1-2-3-4-6-5-7/h4-11,21H,12H2,1-3H3;5H,2-4H2,1H3,(H,6,7). The second-order valence-electron chi connectivity index (χ2n) is 6.54. The van der Waals surface area contributed by atoms with Crippen LogP contribution in [0.15, 0.2) is 59.2 Å². The molecule has 0 unspecified atom stereocenters. The van der Waals surface area contributed by atoms with E-state index in [2.05, 4.69) is 42.1 Å². The summed E-state index contributed by atoms with van der Waals surface area (Å²) in [4.78, 5) is 18.3. The molecule has 28 heavy (non-hydrogen) atoms. The Balaban J connectivity index is 0.000000480. The van der Waals surface area contributed by atoms with Crippen LogP contribution in [0.25, 0.3) is 11.3 Å². The van der Waals surface area contributed by atoms with E-state index in [4.69, 9.17) is 0 Å². The highest BCUT2D eigenvalue weighted by atomic mass is 16.3. The first-order chi connectivity index (χ1) is 13.5. The molecular formula is C23H31N3O2. The lowest BCUT2D eigenvalue weighted by Crippen LogP contribution is -2.11. The van der Waals surface area contributed by atoms with E-state index < -0.39 is 0 Å². The number of carbonyl (C=O) groups excluding carboxylic acids is 1. The molecule has 5 nitrogen and oxygen atoms in total. The Bertz CT molecular complexity index is 794. The van der Waals surface area contributed by atoms with Crippen LogP contribution >= 0.6 is 0 Å². The van der Waals surface area contributed by atoms with Gasteiger partial charge in [0, 0.05) is 30.9 Å². The zero-order valence-electron chi connectivity index (χ0n) is 17.3. The van der Waals surface area contributed by atoms with Crippen molar-refractivity contribution in [3.8, 4) is 11.3 Å². The van der Waals surface area contributed by atoms with Crippen LogP contribution in [-0.2, 0) is 11.4 Å². The van der Waals surface area contributed by atoms with Crippen LogP contribution in [-0.4, -0.2) is 35.8 Å². The third kappa shape index (κ3) is 8.27. The summed E-state index contributed by atoms with van der Waals surface area (Å²) in [5, 5.41) is 11.8. The zero-order chi connectivity index (χ0) is 20.8. The topological polar surface area (TPSA) is 74.6 Å². The largest absolute Gasteiger partial charge is 0.392 e. The maximum absolute atomic E-state index is 9.57. The Labute approximate surface area is 168 Å². The van der Waals surface area contributed by atoms with E-state index in [1.807, 2.05) is 36.4 Å². The van der Waals surface area contributed by atoms with Crippen molar-refractivity contribution < 1.29 is 9.90 Å². The lowest BCUT2D eigenvalue weighted by atomic mass is 10.0. The molecule has 0 saturated heterocycles. The van der Waals surface area contributed by atoms with E-state index in [-0.39, 0.29) is 6.61 Å². The molecule has 2 N–H and O–H groups in total. The molecular weight excluding hydrogens is 350 g/mol. The lowest BCUT2D eigenvalue weighted by Gasteiger charge is -2.06. The molecule has 0 bridgehead atoms. The average molecular weight is 382 g/mol. The van der Waals surface area contributed by atoms with Crippen LogP contribution < -0.4 is 5.32 Å². The molecule has 0 radical (unpaired) electrons. The van der Waals surface area contributed by atoms with Crippen LogP contribution in [0.1, 0.15) is 44.7 Å². The molecule has 1 aromatic heterocycles.